The second-order valence-electron chi connectivity index (χ2n) is 9.96. The molecule has 0 atom stereocenters. The first-order valence-corrected chi connectivity index (χ1v) is 11.9. The van der Waals surface area contributed by atoms with Gasteiger partial charge in [-0.15, -0.1) is 5.10 Å². The van der Waals surface area contributed by atoms with Crippen LogP contribution in [-0.2, 0) is 20.9 Å². The number of rotatable bonds is 4. The molecule has 9 heteroatoms. The van der Waals surface area contributed by atoms with Crippen LogP contribution in [-0.4, -0.2) is 68.0 Å². The van der Waals surface area contributed by atoms with E-state index in [4.69, 9.17) is 4.74 Å². The number of cyclic esters (lactones) is 1. The molecular weight excluding hydrogens is 432 g/mol. The zero-order chi connectivity index (χ0) is 23.4. The maximum atomic E-state index is 13.4. The highest BCUT2D eigenvalue weighted by Crippen LogP contribution is 2.47. The number of amides is 1. The van der Waals surface area contributed by atoms with Gasteiger partial charge in [0, 0.05) is 24.5 Å². The van der Waals surface area contributed by atoms with E-state index in [-0.39, 0.29) is 23.9 Å². The molecule has 9 nitrogen and oxygen atoms in total. The Labute approximate surface area is 197 Å². The van der Waals surface area contributed by atoms with Crippen molar-refractivity contribution in [3.8, 4) is 0 Å². The predicted molar refractivity (Wildman–Crippen MR) is 124 cm³/mol. The molecule has 176 valence electrons. The normalized spacial score (nSPS) is 25.5. The number of likely N-dealkylation sites (tertiary alicyclic amines) is 1. The van der Waals surface area contributed by atoms with E-state index in [1.165, 1.54) is 5.56 Å². The molecule has 2 aliphatic heterocycles. The summed E-state index contributed by atoms with van der Waals surface area (Å²) in [5, 5.41) is 13.0. The maximum absolute atomic E-state index is 13.4. The number of hydrogen-bond acceptors (Lipinski definition) is 7. The summed E-state index contributed by atoms with van der Waals surface area (Å²) in [7, 11) is 2.18. The van der Waals surface area contributed by atoms with Crippen molar-refractivity contribution in [3.63, 3.8) is 0 Å². The lowest BCUT2D eigenvalue weighted by Gasteiger charge is -2.39. The average molecular weight is 461 g/mol. The molecule has 2 fully saturated rings. The number of aromatic nitrogens is 4. The van der Waals surface area contributed by atoms with E-state index in [2.05, 4.69) is 51.7 Å². The van der Waals surface area contributed by atoms with Gasteiger partial charge in [-0.2, -0.15) is 4.52 Å². The topological polar surface area (TPSA) is 92.9 Å². The second-order valence-corrected chi connectivity index (χ2v) is 9.96. The smallest absolute Gasteiger partial charge is 0.336 e. The highest BCUT2D eigenvalue weighted by Gasteiger charge is 2.50. The summed E-state index contributed by atoms with van der Waals surface area (Å²) in [6.45, 7) is 3.52. The van der Waals surface area contributed by atoms with Gasteiger partial charge < -0.3 is 9.64 Å². The Balaban J connectivity index is 1.12. The standard InChI is InChI=1S/C25H28N6O3/c1-16-21(15-34-23(16)32)30-12-11-25(24(30)33)9-7-19(8-10-25)29(2)14-17-3-5-20-18(13-17)4-6-22-26-27-28-31(20)22/h3-6,13,19H,7-12,14-15H2,1-2H3. The lowest BCUT2D eigenvalue weighted by Crippen LogP contribution is -2.42. The molecule has 3 aromatic rings. The lowest BCUT2D eigenvalue weighted by molar-refractivity contribution is -0.138. The van der Waals surface area contributed by atoms with Gasteiger partial charge in [0.2, 0.25) is 5.91 Å². The maximum Gasteiger partial charge on any atom is 0.336 e. The Morgan fingerprint density at radius 3 is 2.74 bits per heavy atom. The van der Waals surface area contributed by atoms with Gasteiger partial charge in [-0.25, -0.2) is 4.79 Å². The number of nitrogens with zero attached hydrogens (tertiary/aromatic N) is 6. The van der Waals surface area contributed by atoms with Crippen molar-refractivity contribution in [3.05, 3.63) is 47.2 Å². The molecule has 1 aromatic carbocycles. The van der Waals surface area contributed by atoms with E-state index in [9.17, 15) is 9.59 Å². The van der Waals surface area contributed by atoms with E-state index in [1.54, 1.807) is 11.4 Å². The molecule has 1 saturated heterocycles. The number of pyridine rings is 1. The lowest BCUT2D eigenvalue weighted by atomic mass is 9.71. The van der Waals surface area contributed by atoms with Crippen molar-refractivity contribution in [2.75, 3.05) is 20.2 Å². The van der Waals surface area contributed by atoms with E-state index in [1.807, 2.05) is 11.0 Å². The van der Waals surface area contributed by atoms with Crippen molar-refractivity contribution < 1.29 is 14.3 Å². The van der Waals surface area contributed by atoms with Crippen LogP contribution in [0.1, 0.15) is 44.6 Å². The van der Waals surface area contributed by atoms with Gasteiger partial charge in [0.05, 0.1) is 22.2 Å². The second kappa shape index (κ2) is 7.87. The first kappa shape index (κ1) is 21.2. The van der Waals surface area contributed by atoms with Crippen LogP contribution in [0.4, 0.5) is 0 Å². The van der Waals surface area contributed by atoms with Crippen molar-refractivity contribution in [2.45, 2.75) is 51.6 Å². The summed E-state index contributed by atoms with van der Waals surface area (Å²) in [5.41, 5.74) is 4.05. The van der Waals surface area contributed by atoms with Crippen LogP contribution in [0.25, 0.3) is 16.6 Å². The quantitative estimate of drug-likeness (QED) is 0.553. The molecule has 1 aliphatic carbocycles. The van der Waals surface area contributed by atoms with Crippen LogP contribution in [0.3, 0.4) is 0 Å². The third-order valence-electron chi connectivity index (χ3n) is 8.11. The molecule has 2 aromatic heterocycles. The zero-order valence-electron chi connectivity index (χ0n) is 19.5. The van der Waals surface area contributed by atoms with Crippen LogP contribution in [0.5, 0.6) is 0 Å². The number of tetrazole rings is 1. The molecule has 1 spiro atoms. The SMILES string of the molecule is CC1=C(N2CCC3(CCC(N(C)Cc4ccc5c(ccc6nnnn65)c4)CC3)C2=O)COC1=O. The van der Waals surface area contributed by atoms with Crippen molar-refractivity contribution in [2.24, 2.45) is 5.41 Å². The van der Waals surface area contributed by atoms with Crippen LogP contribution >= 0.6 is 0 Å². The molecule has 34 heavy (non-hydrogen) atoms. The fourth-order valence-electron chi connectivity index (χ4n) is 5.97. The summed E-state index contributed by atoms with van der Waals surface area (Å²) in [5.74, 6) is -0.116. The number of carbonyl (C=O) groups excluding carboxylic acids is 2. The van der Waals surface area contributed by atoms with Gasteiger partial charge in [-0.05, 0) is 86.3 Å². The average Bonchev–Trinajstić information content (AvgIpc) is 3.54. The number of hydrogen-bond donors (Lipinski definition) is 0. The summed E-state index contributed by atoms with van der Waals surface area (Å²) < 4.78 is 6.90. The van der Waals surface area contributed by atoms with Gasteiger partial charge in [-0.1, -0.05) is 6.07 Å². The van der Waals surface area contributed by atoms with Gasteiger partial charge in [0.1, 0.15) is 6.61 Å². The van der Waals surface area contributed by atoms with E-state index < -0.39 is 0 Å². The molecule has 1 saturated carbocycles. The molecule has 6 rings (SSSR count). The van der Waals surface area contributed by atoms with Crippen LogP contribution in [0, 0.1) is 5.41 Å². The summed E-state index contributed by atoms with van der Waals surface area (Å²) in [6.07, 6.45) is 4.66. The first-order chi connectivity index (χ1) is 16.4. The van der Waals surface area contributed by atoms with Crippen molar-refractivity contribution in [1.29, 1.82) is 0 Å². The monoisotopic (exact) mass is 460 g/mol. The van der Waals surface area contributed by atoms with E-state index >= 15 is 0 Å². The van der Waals surface area contributed by atoms with Crippen molar-refractivity contribution in [1.82, 2.24) is 29.8 Å². The molecule has 0 bridgehead atoms. The first-order valence-electron chi connectivity index (χ1n) is 11.9. The fraction of sp³-hybridized carbons (Fsp3) is 0.480. The predicted octanol–water partition coefficient (Wildman–Crippen LogP) is 2.70. The Hall–Kier alpha value is -3.33. The Morgan fingerprint density at radius 1 is 1.15 bits per heavy atom. The summed E-state index contributed by atoms with van der Waals surface area (Å²) in [6, 6.07) is 10.9. The molecule has 0 radical (unpaired) electrons. The highest BCUT2D eigenvalue weighted by molar-refractivity contribution is 5.94. The number of benzene rings is 1. The van der Waals surface area contributed by atoms with Crippen molar-refractivity contribution >= 4 is 28.4 Å². The third kappa shape index (κ3) is 3.29. The van der Waals surface area contributed by atoms with E-state index in [0.717, 1.165) is 60.9 Å². The van der Waals surface area contributed by atoms with Gasteiger partial charge in [0.15, 0.2) is 5.65 Å². The Morgan fingerprint density at radius 2 is 1.97 bits per heavy atom. The number of fused-ring (bicyclic) bond motifs is 3. The number of ether oxygens (including phenoxy) is 1. The zero-order valence-corrected chi connectivity index (χ0v) is 19.5. The fourth-order valence-corrected chi connectivity index (χ4v) is 5.97. The van der Waals surface area contributed by atoms with Gasteiger partial charge in [-0.3, -0.25) is 9.69 Å². The largest absolute Gasteiger partial charge is 0.456 e. The molecule has 0 unspecified atom stereocenters. The van der Waals surface area contributed by atoms with E-state index in [0.29, 0.717) is 18.2 Å². The Kier molecular flexibility index (Phi) is 4.91. The molecule has 4 heterocycles. The third-order valence-corrected chi connectivity index (χ3v) is 8.11. The summed E-state index contributed by atoms with van der Waals surface area (Å²) in [4.78, 5) is 29.4. The van der Waals surface area contributed by atoms with Gasteiger partial charge in [0.25, 0.3) is 0 Å². The Bertz CT molecular complexity index is 1340. The molecule has 3 aliphatic rings. The van der Waals surface area contributed by atoms with Crippen LogP contribution in [0.2, 0.25) is 0 Å². The number of carbonyl (C=O) groups is 2. The summed E-state index contributed by atoms with van der Waals surface area (Å²) >= 11 is 0. The minimum absolute atomic E-state index is 0.185. The number of esters is 1. The van der Waals surface area contributed by atoms with Gasteiger partial charge >= 0.3 is 5.97 Å². The molecular formula is C25H28N6O3. The minimum atomic E-state index is -0.301. The molecule has 1 amide bonds. The minimum Gasteiger partial charge on any atom is -0.456 e. The van der Waals surface area contributed by atoms with Crippen LogP contribution < -0.4 is 0 Å². The van der Waals surface area contributed by atoms with Crippen LogP contribution in [0.15, 0.2) is 41.6 Å². The highest BCUT2D eigenvalue weighted by atomic mass is 16.5. The molecule has 0 N–H and O–H groups in total.